The van der Waals surface area contributed by atoms with Gasteiger partial charge in [-0.3, -0.25) is 4.79 Å². The minimum Gasteiger partial charge on any atom is -0.496 e. The van der Waals surface area contributed by atoms with Gasteiger partial charge in [0.15, 0.2) is 0 Å². The van der Waals surface area contributed by atoms with Gasteiger partial charge in [0.2, 0.25) is 0 Å². The van der Waals surface area contributed by atoms with Gasteiger partial charge in [-0.2, -0.15) is 0 Å². The maximum Gasteiger partial charge on any atom is 0.259 e. The van der Waals surface area contributed by atoms with Crippen molar-refractivity contribution in [1.29, 1.82) is 0 Å². The normalized spacial score (nSPS) is 10.0. The van der Waals surface area contributed by atoms with Gasteiger partial charge >= 0.3 is 0 Å². The highest BCUT2D eigenvalue weighted by molar-refractivity contribution is 6.32. The van der Waals surface area contributed by atoms with E-state index in [-0.39, 0.29) is 5.91 Å². The zero-order valence-corrected chi connectivity index (χ0v) is 13.2. The number of anilines is 1. The topological polar surface area (TPSA) is 56.8 Å². The molecule has 2 aromatic rings. The molecule has 2 aromatic carbocycles. The minimum atomic E-state index is -0.319. The predicted octanol–water partition coefficient (Wildman–Crippen LogP) is 3.62. The molecule has 0 aliphatic heterocycles. The summed E-state index contributed by atoms with van der Waals surface area (Å²) in [4.78, 5) is 12.4. The third-order valence-corrected chi connectivity index (χ3v) is 3.37. The van der Waals surface area contributed by atoms with Crippen molar-refractivity contribution in [1.82, 2.24) is 0 Å². The number of rotatable bonds is 5. The van der Waals surface area contributed by atoms with E-state index < -0.39 is 0 Å². The lowest BCUT2D eigenvalue weighted by atomic mass is 10.1. The molecule has 2 rings (SSSR count). The number of hydrogen-bond donors (Lipinski definition) is 1. The Morgan fingerprint density at radius 3 is 2.23 bits per heavy atom. The molecule has 0 saturated carbocycles. The molecule has 1 N–H and O–H groups in total. The van der Waals surface area contributed by atoms with Crippen LogP contribution in [0.15, 0.2) is 36.4 Å². The van der Waals surface area contributed by atoms with Crippen molar-refractivity contribution in [2.24, 2.45) is 0 Å². The fourth-order valence-electron chi connectivity index (χ4n) is 1.98. The van der Waals surface area contributed by atoms with Gasteiger partial charge in [-0.25, -0.2) is 0 Å². The Bertz CT molecular complexity index is 688. The molecule has 0 atom stereocenters. The maximum absolute atomic E-state index is 12.4. The molecule has 0 heterocycles. The van der Waals surface area contributed by atoms with E-state index in [0.717, 1.165) is 0 Å². The van der Waals surface area contributed by atoms with Crippen molar-refractivity contribution in [3.8, 4) is 17.2 Å². The molecular weight excluding hydrogens is 306 g/mol. The van der Waals surface area contributed by atoms with Crippen LogP contribution in [0.2, 0.25) is 5.02 Å². The number of carbonyl (C=O) groups is 1. The highest BCUT2D eigenvalue weighted by Gasteiger charge is 2.16. The van der Waals surface area contributed by atoms with Crippen molar-refractivity contribution in [2.45, 2.75) is 0 Å². The van der Waals surface area contributed by atoms with Crippen LogP contribution in [0, 0.1) is 0 Å². The number of carbonyl (C=O) groups excluding carboxylic acids is 1. The molecule has 116 valence electrons. The monoisotopic (exact) mass is 321 g/mol. The largest absolute Gasteiger partial charge is 0.496 e. The third-order valence-electron chi connectivity index (χ3n) is 3.07. The molecule has 1 amide bonds. The predicted molar refractivity (Wildman–Crippen MR) is 85.5 cm³/mol. The number of methoxy groups -OCH3 is 3. The van der Waals surface area contributed by atoms with E-state index in [4.69, 9.17) is 25.8 Å². The second-order valence-corrected chi connectivity index (χ2v) is 4.75. The van der Waals surface area contributed by atoms with Crippen molar-refractivity contribution in [2.75, 3.05) is 26.6 Å². The first-order chi connectivity index (χ1) is 10.6. The molecule has 0 spiro atoms. The fourth-order valence-corrected chi connectivity index (χ4v) is 2.21. The Morgan fingerprint density at radius 1 is 0.955 bits per heavy atom. The summed E-state index contributed by atoms with van der Waals surface area (Å²) in [5.74, 6) is 1.05. The molecule has 0 aliphatic carbocycles. The van der Waals surface area contributed by atoms with Crippen LogP contribution >= 0.6 is 11.6 Å². The Balaban J connectivity index is 2.35. The third kappa shape index (κ3) is 3.26. The van der Waals surface area contributed by atoms with E-state index in [1.807, 2.05) is 0 Å². The van der Waals surface area contributed by atoms with Crippen molar-refractivity contribution in [3.05, 3.63) is 47.0 Å². The zero-order valence-electron chi connectivity index (χ0n) is 12.5. The molecule has 6 heteroatoms. The highest BCUT2D eigenvalue weighted by atomic mass is 35.5. The first-order valence-electron chi connectivity index (χ1n) is 6.46. The van der Waals surface area contributed by atoms with Gasteiger partial charge < -0.3 is 19.5 Å². The van der Waals surface area contributed by atoms with Crippen LogP contribution < -0.4 is 19.5 Å². The summed E-state index contributed by atoms with van der Waals surface area (Å²) in [6.07, 6.45) is 0. The van der Waals surface area contributed by atoms with E-state index in [1.165, 1.54) is 21.3 Å². The number of benzene rings is 2. The molecule has 0 saturated heterocycles. The number of ether oxygens (including phenoxy) is 3. The van der Waals surface area contributed by atoms with Gasteiger partial charge in [-0.1, -0.05) is 23.7 Å². The quantitative estimate of drug-likeness (QED) is 0.914. The second kappa shape index (κ2) is 7.04. The van der Waals surface area contributed by atoms with Crippen LogP contribution in [0.5, 0.6) is 17.2 Å². The van der Waals surface area contributed by atoms with Gasteiger partial charge in [0.1, 0.15) is 17.2 Å². The van der Waals surface area contributed by atoms with Crippen LogP contribution in [-0.2, 0) is 0 Å². The summed E-state index contributed by atoms with van der Waals surface area (Å²) in [6, 6.07) is 10.1. The van der Waals surface area contributed by atoms with Crippen molar-refractivity contribution in [3.63, 3.8) is 0 Å². The molecule has 0 bridgehead atoms. The standard InChI is InChI=1S/C16H16ClNO4/c1-20-13-7-5-4-6-10(13)16(19)18-12-9-14(21-2)11(17)8-15(12)22-3/h4-9H,1-3H3,(H,18,19). The van der Waals surface area contributed by atoms with E-state index in [2.05, 4.69) is 5.32 Å². The van der Waals surface area contributed by atoms with Gasteiger partial charge in [-0.05, 0) is 12.1 Å². The van der Waals surface area contributed by atoms with Gasteiger partial charge in [0.25, 0.3) is 5.91 Å². The van der Waals surface area contributed by atoms with Crippen LogP contribution in [0.4, 0.5) is 5.69 Å². The Morgan fingerprint density at radius 2 is 1.59 bits per heavy atom. The fraction of sp³-hybridized carbons (Fsp3) is 0.188. The van der Waals surface area contributed by atoms with E-state index in [9.17, 15) is 4.79 Å². The lowest BCUT2D eigenvalue weighted by Crippen LogP contribution is -2.14. The van der Waals surface area contributed by atoms with Crippen LogP contribution in [-0.4, -0.2) is 27.2 Å². The van der Waals surface area contributed by atoms with Crippen LogP contribution in [0.1, 0.15) is 10.4 Å². The molecule has 0 unspecified atom stereocenters. The highest BCUT2D eigenvalue weighted by Crippen LogP contribution is 2.36. The molecule has 5 nitrogen and oxygen atoms in total. The van der Waals surface area contributed by atoms with E-state index in [1.54, 1.807) is 36.4 Å². The van der Waals surface area contributed by atoms with Crippen LogP contribution in [0.3, 0.4) is 0 Å². The number of hydrogen-bond acceptors (Lipinski definition) is 4. The molecule has 22 heavy (non-hydrogen) atoms. The summed E-state index contributed by atoms with van der Waals surface area (Å²) < 4.78 is 15.6. The second-order valence-electron chi connectivity index (χ2n) is 4.34. The van der Waals surface area contributed by atoms with Crippen molar-refractivity contribution < 1.29 is 19.0 Å². The molecule has 0 fully saturated rings. The number of amides is 1. The SMILES string of the molecule is COc1cc(NC(=O)c2ccccc2OC)c(OC)cc1Cl. The van der Waals surface area contributed by atoms with Crippen LogP contribution in [0.25, 0.3) is 0 Å². The Labute approximate surface area is 133 Å². The van der Waals surface area contributed by atoms with Gasteiger partial charge in [0, 0.05) is 12.1 Å². The molecule has 0 aromatic heterocycles. The summed E-state index contributed by atoms with van der Waals surface area (Å²) >= 11 is 6.04. The average molecular weight is 322 g/mol. The molecular formula is C16H16ClNO4. The van der Waals surface area contributed by atoms with E-state index in [0.29, 0.717) is 33.5 Å². The van der Waals surface area contributed by atoms with Gasteiger partial charge in [-0.15, -0.1) is 0 Å². The minimum absolute atomic E-state index is 0.319. The summed E-state index contributed by atoms with van der Waals surface area (Å²) in [5, 5.41) is 3.17. The molecule has 0 radical (unpaired) electrons. The first kappa shape index (κ1) is 16.0. The van der Waals surface area contributed by atoms with Gasteiger partial charge in [0.05, 0.1) is 37.6 Å². The first-order valence-corrected chi connectivity index (χ1v) is 6.84. The lowest BCUT2D eigenvalue weighted by Gasteiger charge is -2.14. The Kier molecular flexibility index (Phi) is 5.12. The molecule has 0 aliphatic rings. The number of para-hydroxylation sites is 1. The maximum atomic E-state index is 12.4. The summed E-state index contributed by atoms with van der Waals surface area (Å²) in [6.45, 7) is 0. The summed E-state index contributed by atoms with van der Waals surface area (Å²) in [5.41, 5.74) is 0.876. The lowest BCUT2D eigenvalue weighted by molar-refractivity contribution is 0.102. The Hall–Kier alpha value is -2.40. The smallest absolute Gasteiger partial charge is 0.259 e. The zero-order chi connectivity index (χ0) is 16.1. The average Bonchev–Trinajstić information content (AvgIpc) is 2.55. The van der Waals surface area contributed by atoms with E-state index >= 15 is 0 Å². The summed E-state index contributed by atoms with van der Waals surface area (Å²) in [7, 11) is 4.51. The van der Waals surface area contributed by atoms with Crippen molar-refractivity contribution >= 4 is 23.2 Å². The number of halogens is 1. The number of nitrogens with one attached hydrogen (secondary N) is 1.